The number of aryl methyl sites for hydroxylation is 1. The largest absolute Gasteiger partial charge is 0.360 e. The lowest BCUT2D eigenvalue weighted by Gasteiger charge is -2.18. The molecule has 0 aromatic carbocycles. The normalized spacial score (nSPS) is 12.2. The van der Waals surface area contributed by atoms with E-state index >= 15 is 0 Å². The third-order valence-electron chi connectivity index (χ3n) is 3.21. The molecule has 2 aromatic heterocycles. The van der Waals surface area contributed by atoms with Crippen LogP contribution in [-0.2, 0) is 6.54 Å². The first-order valence-corrected chi connectivity index (χ1v) is 6.83. The van der Waals surface area contributed by atoms with E-state index in [2.05, 4.69) is 37.2 Å². The summed E-state index contributed by atoms with van der Waals surface area (Å²) in [5, 5.41) is 7.52. The first-order valence-electron chi connectivity index (χ1n) is 6.83. The Morgan fingerprint density at radius 3 is 2.75 bits per heavy atom. The Labute approximate surface area is 119 Å². The summed E-state index contributed by atoms with van der Waals surface area (Å²) in [4.78, 5) is 14.9. The van der Waals surface area contributed by atoms with Gasteiger partial charge in [-0.05, 0) is 20.8 Å². The van der Waals surface area contributed by atoms with Crippen LogP contribution in [-0.4, -0.2) is 38.3 Å². The van der Waals surface area contributed by atoms with Crippen molar-refractivity contribution in [1.82, 2.24) is 24.7 Å². The van der Waals surface area contributed by atoms with Crippen LogP contribution in [0.4, 0.5) is 11.6 Å². The van der Waals surface area contributed by atoms with Crippen molar-refractivity contribution in [3.63, 3.8) is 0 Å². The third-order valence-corrected chi connectivity index (χ3v) is 3.21. The molecule has 2 heterocycles. The SMILES string of the molecule is CCN(C)c1cc(NC(C)c2ncnn2CC)ncn1. The van der Waals surface area contributed by atoms with Gasteiger partial charge in [-0.3, -0.25) is 0 Å². The summed E-state index contributed by atoms with van der Waals surface area (Å²) >= 11 is 0. The van der Waals surface area contributed by atoms with E-state index < -0.39 is 0 Å². The lowest BCUT2D eigenvalue weighted by Crippen LogP contribution is -2.18. The maximum Gasteiger partial charge on any atom is 0.149 e. The molecule has 1 N–H and O–H groups in total. The van der Waals surface area contributed by atoms with Crippen LogP contribution in [0.15, 0.2) is 18.7 Å². The van der Waals surface area contributed by atoms with E-state index in [1.807, 2.05) is 31.6 Å². The van der Waals surface area contributed by atoms with Crippen molar-refractivity contribution in [1.29, 1.82) is 0 Å². The van der Waals surface area contributed by atoms with Gasteiger partial charge in [0.05, 0.1) is 6.04 Å². The number of nitrogens with one attached hydrogen (secondary N) is 1. The maximum atomic E-state index is 4.29. The van der Waals surface area contributed by atoms with Crippen LogP contribution in [0.3, 0.4) is 0 Å². The van der Waals surface area contributed by atoms with Crippen molar-refractivity contribution >= 4 is 11.6 Å². The predicted octanol–water partition coefficient (Wildman–Crippen LogP) is 1.72. The van der Waals surface area contributed by atoms with Gasteiger partial charge in [0, 0.05) is 26.2 Å². The second-order valence-corrected chi connectivity index (χ2v) is 4.58. The van der Waals surface area contributed by atoms with Crippen LogP contribution in [0, 0.1) is 0 Å². The van der Waals surface area contributed by atoms with Crippen LogP contribution in [0.1, 0.15) is 32.6 Å². The summed E-state index contributed by atoms with van der Waals surface area (Å²) in [6.45, 7) is 7.87. The summed E-state index contributed by atoms with van der Waals surface area (Å²) < 4.78 is 1.87. The average Bonchev–Trinajstić information content (AvgIpc) is 2.95. The molecule has 0 aliphatic carbocycles. The predicted molar refractivity (Wildman–Crippen MR) is 78.7 cm³/mol. The summed E-state index contributed by atoms with van der Waals surface area (Å²) in [6.07, 6.45) is 3.15. The van der Waals surface area contributed by atoms with E-state index in [0.717, 1.165) is 30.5 Å². The van der Waals surface area contributed by atoms with Gasteiger partial charge in [-0.1, -0.05) is 0 Å². The zero-order valence-electron chi connectivity index (χ0n) is 12.4. The molecule has 0 radical (unpaired) electrons. The lowest BCUT2D eigenvalue weighted by molar-refractivity contribution is 0.592. The van der Waals surface area contributed by atoms with Gasteiger partial charge < -0.3 is 10.2 Å². The molecule has 2 rings (SSSR count). The number of hydrogen-bond acceptors (Lipinski definition) is 6. The van der Waals surface area contributed by atoms with E-state index in [1.54, 1.807) is 12.7 Å². The molecule has 2 aromatic rings. The minimum absolute atomic E-state index is 0.0344. The molecular formula is C13H21N7. The third kappa shape index (κ3) is 3.04. The molecule has 0 saturated carbocycles. The van der Waals surface area contributed by atoms with Crippen molar-refractivity contribution < 1.29 is 0 Å². The summed E-state index contributed by atoms with van der Waals surface area (Å²) in [5.41, 5.74) is 0. The zero-order chi connectivity index (χ0) is 14.5. The highest BCUT2D eigenvalue weighted by molar-refractivity contribution is 5.48. The monoisotopic (exact) mass is 275 g/mol. The van der Waals surface area contributed by atoms with Crippen LogP contribution in [0.5, 0.6) is 0 Å². The second-order valence-electron chi connectivity index (χ2n) is 4.58. The molecule has 0 fully saturated rings. The Morgan fingerprint density at radius 2 is 2.05 bits per heavy atom. The molecule has 7 heteroatoms. The molecule has 1 atom stereocenters. The first-order chi connectivity index (χ1) is 9.65. The number of nitrogens with zero attached hydrogens (tertiary/aromatic N) is 6. The fourth-order valence-electron chi connectivity index (χ4n) is 1.94. The second kappa shape index (κ2) is 6.31. The molecule has 7 nitrogen and oxygen atoms in total. The van der Waals surface area contributed by atoms with Gasteiger partial charge in [0.15, 0.2) is 0 Å². The van der Waals surface area contributed by atoms with Crippen molar-refractivity contribution in [2.24, 2.45) is 0 Å². The molecule has 0 aliphatic heterocycles. The molecule has 0 aliphatic rings. The minimum atomic E-state index is 0.0344. The van der Waals surface area contributed by atoms with E-state index in [1.165, 1.54) is 0 Å². The van der Waals surface area contributed by atoms with Gasteiger partial charge in [-0.25, -0.2) is 19.6 Å². The van der Waals surface area contributed by atoms with Crippen LogP contribution < -0.4 is 10.2 Å². The average molecular weight is 275 g/mol. The van der Waals surface area contributed by atoms with Gasteiger partial charge in [0.25, 0.3) is 0 Å². The van der Waals surface area contributed by atoms with Crippen LogP contribution in [0.2, 0.25) is 0 Å². The van der Waals surface area contributed by atoms with E-state index in [4.69, 9.17) is 0 Å². The van der Waals surface area contributed by atoms with Crippen molar-refractivity contribution in [3.8, 4) is 0 Å². The number of hydrogen-bond donors (Lipinski definition) is 1. The maximum absolute atomic E-state index is 4.29. The Kier molecular flexibility index (Phi) is 4.49. The molecule has 1 unspecified atom stereocenters. The highest BCUT2D eigenvalue weighted by Gasteiger charge is 2.13. The Morgan fingerprint density at radius 1 is 1.25 bits per heavy atom. The Hall–Kier alpha value is -2.18. The van der Waals surface area contributed by atoms with Gasteiger partial charge in [-0.2, -0.15) is 5.10 Å². The smallest absolute Gasteiger partial charge is 0.149 e. The van der Waals surface area contributed by atoms with Crippen LogP contribution >= 0.6 is 0 Å². The van der Waals surface area contributed by atoms with E-state index in [-0.39, 0.29) is 6.04 Å². The number of aromatic nitrogens is 5. The lowest BCUT2D eigenvalue weighted by atomic mass is 10.3. The fraction of sp³-hybridized carbons (Fsp3) is 0.538. The van der Waals surface area contributed by atoms with Gasteiger partial charge in [-0.15, -0.1) is 0 Å². The summed E-state index contributed by atoms with van der Waals surface area (Å²) in [7, 11) is 2.00. The van der Waals surface area contributed by atoms with Crippen molar-refractivity contribution in [2.45, 2.75) is 33.4 Å². The quantitative estimate of drug-likeness (QED) is 0.865. The number of anilines is 2. The minimum Gasteiger partial charge on any atom is -0.360 e. The zero-order valence-corrected chi connectivity index (χ0v) is 12.4. The van der Waals surface area contributed by atoms with Gasteiger partial charge >= 0.3 is 0 Å². The fourth-order valence-corrected chi connectivity index (χ4v) is 1.94. The molecule has 20 heavy (non-hydrogen) atoms. The molecular weight excluding hydrogens is 254 g/mol. The highest BCUT2D eigenvalue weighted by Crippen LogP contribution is 2.18. The molecule has 0 amide bonds. The van der Waals surface area contributed by atoms with E-state index in [0.29, 0.717) is 0 Å². The molecule has 0 spiro atoms. The Bertz CT molecular complexity index is 551. The topological polar surface area (TPSA) is 71.8 Å². The van der Waals surface area contributed by atoms with Crippen LogP contribution in [0.25, 0.3) is 0 Å². The van der Waals surface area contributed by atoms with Crippen molar-refractivity contribution in [3.05, 3.63) is 24.5 Å². The molecule has 108 valence electrons. The number of rotatable bonds is 6. The standard InChI is InChI=1S/C13H21N7/c1-5-19(4)12-7-11(14-8-15-12)18-10(3)13-16-9-17-20(13)6-2/h7-10H,5-6H2,1-4H3,(H,14,15,18). The molecule has 0 saturated heterocycles. The highest BCUT2D eigenvalue weighted by atomic mass is 15.3. The first kappa shape index (κ1) is 14.2. The summed E-state index contributed by atoms with van der Waals surface area (Å²) in [6, 6.07) is 1.97. The van der Waals surface area contributed by atoms with Gasteiger partial charge in [0.1, 0.15) is 30.1 Å². The Balaban J connectivity index is 2.13. The van der Waals surface area contributed by atoms with E-state index in [9.17, 15) is 0 Å². The van der Waals surface area contributed by atoms with Crippen molar-refractivity contribution in [2.75, 3.05) is 23.8 Å². The summed E-state index contributed by atoms with van der Waals surface area (Å²) in [5.74, 6) is 2.58. The van der Waals surface area contributed by atoms with Gasteiger partial charge in [0.2, 0.25) is 0 Å². The molecule has 0 bridgehead atoms.